The minimum atomic E-state index is -0.462. The predicted molar refractivity (Wildman–Crippen MR) is 119 cm³/mol. The smallest absolute Gasteiger partial charge is 0.410 e. The van der Waals surface area contributed by atoms with Gasteiger partial charge < -0.3 is 29.3 Å². The van der Waals surface area contributed by atoms with Crippen LogP contribution in [0.25, 0.3) is 0 Å². The molecule has 30 heavy (non-hydrogen) atoms. The van der Waals surface area contributed by atoms with E-state index in [1.165, 1.54) is 0 Å². The number of rotatable bonds is 6. The summed E-state index contributed by atoms with van der Waals surface area (Å²) < 4.78 is 16.9. The highest BCUT2D eigenvalue weighted by molar-refractivity contribution is 5.80. The first-order valence-corrected chi connectivity index (χ1v) is 11.3. The first-order chi connectivity index (χ1) is 14.2. The van der Waals surface area contributed by atoms with Gasteiger partial charge in [-0.1, -0.05) is 0 Å². The van der Waals surface area contributed by atoms with Crippen molar-refractivity contribution >= 4 is 12.1 Å². The molecule has 0 spiro atoms. The third-order valence-corrected chi connectivity index (χ3v) is 6.04. The number of nitrogens with zero attached hydrogens (tertiary/aromatic N) is 3. The van der Waals surface area contributed by atoms with Crippen molar-refractivity contribution in [3.05, 3.63) is 0 Å². The second-order valence-corrected chi connectivity index (χ2v) is 9.35. The van der Waals surface area contributed by atoms with Crippen LogP contribution in [-0.4, -0.2) is 93.1 Å². The molecule has 0 bridgehead atoms. The van der Waals surface area contributed by atoms with E-state index in [9.17, 15) is 4.79 Å². The van der Waals surface area contributed by atoms with Gasteiger partial charge in [-0.05, 0) is 46.5 Å². The molecule has 0 aromatic heterocycles. The molecule has 2 aliphatic rings. The molecule has 2 saturated heterocycles. The van der Waals surface area contributed by atoms with E-state index in [4.69, 9.17) is 14.2 Å². The molecule has 1 N–H and O–H groups in total. The third-order valence-electron chi connectivity index (χ3n) is 6.04. The van der Waals surface area contributed by atoms with Gasteiger partial charge in [-0.25, -0.2) is 4.79 Å². The number of carbonyl (C=O) groups excluding carboxylic acids is 1. The fourth-order valence-corrected chi connectivity index (χ4v) is 4.07. The Morgan fingerprint density at radius 2 is 1.90 bits per heavy atom. The summed E-state index contributed by atoms with van der Waals surface area (Å²) in [5, 5.41) is 3.52. The lowest BCUT2D eigenvalue weighted by atomic mass is 9.94. The second-order valence-electron chi connectivity index (χ2n) is 9.35. The van der Waals surface area contributed by atoms with Crippen molar-refractivity contribution in [3.63, 3.8) is 0 Å². The number of guanidine groups is 1. The predicted octanol–water partition coefficient (Wildman–Crippen LogP) is 2.73. The molecule has 0 atom stereocenters. The maximum absolute atomic E-state index is 12.4. The number of methoxy groups -OCH3 is 1. The normalized spacial score (nSPS) is 20.7. The van der Waals surface area contributed by atoms with Crippen LogP contribution in [0.2, 0.25) is 0 Å². The summed E-state index contributed by atoms with van der Waals surface area (Å²) in [4.78, 5) is 21.0. The Balaban J connectivity index is 1.82. The van der Waals surface area contributed by atoms with Crippen LogP contribution in [-0.2, 0) is 14.2 Å². The van der Waals surface area contributed by atoms with Gasteiger partial charge in [-0.2, -0.15) is 0 Å². The van der Waals surface area contributed by atoms with E-state index in [2.05, 4.69) is 15.2 Å². The molecular weight excluding hydrogens is 384 g/mol. The van der Waals surface area contributed by atoms with Crippen molar-refractivity contribution in [3.8, 4) is 0 Å². The molecule has 0 aliphatic carbocycles. The number of amides is 1. The van der Waals surface area contributed by atoms with Crippen LogP contribution in [0, 0.1) is 5.92 Å². The van der Waals surface area contributed by atoms with Crippen molar-refractivity contribution in [2.24, 2.45) is 10.9 Å². The van der Waals surface area contributed by atoms with Crippen molar-refractivity contribution in [1.29, 1.82) is 0 Å². The van der Waals surface area contributed by atoms with Gasteiger partial charge in [0.05, 0.1) is 5.60 Å². The van der Waals surface area contributed by atoms with Gasteiger partial charge in [0, 0.05) is 72.9 Å². The zero-order valence-electron chi connectivity index (χ0n) is 19.8. The minimum Gasteiger partial charge on any atom is -0.444 e. The maximum Gasteiger partial charge on any atom is 0.410 e. The van der Waals surface area contributed by atoms with Crippen molar-refractivity contribution in [1.82, 2.24) is 15.1 Å². The molecule has 8 nitrogen and oxygen atoms in total. The van der Waals surface area contributed by atoms with E-state index >= 15 is 0 Å². The van der Waals surface area contributed by atoms with Crippen LogP contribution in [0.4, 0.5) is 4.79 Å². The monoisotopic (exact) mass is 426 g/mol. The van der Waals surface area contributed by atoms with Crippen molar-refractivity contribution < 1.29 is 19.0 Å². The van der Waals surface area contributed by atoms with Crippen LogP contribution in [0.1, 0.15) is 53.4 Å². The first kappa shape index (κ1) is 24.7. The fourth-order valence-electron chi connectivity index (χ4n) is 4.07. The number of carbonyl (C=O) groups is 1. The zero-order valence-corrected chi connectivity index (χ0v) is 19.8. The van der Waals surface area contributed by atoms with Crippen LogP contribution in [0.5, 0.6) is 0 Å². The molecule has 0 saturated carbocycles. The summed E-state index contributed by atoms with van der Waals surface area (Å²) in [6.07, 6.45) is 3.64. The van der Waals surface area contributed by atoms with Gasteiger partial charge in [0.2, 0.25) is 0 Å². The number of piperidine rings is 1. The Hall–Kier alpha value is -1.54. The number of aliphatic imine (C=N–C) groups is 1. The Bertz CT molecular complexity index is 562. The van der Waals surface area contributed by atoms with E-state index in [0.29, 0.717) is 12.5 Å². The highest BCUT2D eigenvalue weighted by Gasteiger charge is 2.33. The molecular formula is C22H42N4O4. The second kappa shape index (κ2) is 11.2. The number of hydrogen-bond donors (Lipinski definition) is 1. The lowest BCUT2D eigenvalue weighted by Crippen LogP contribution is -2.53. The summed E-state index contributed by atoms with van der Waals surface area (Å²) in [5.74, 6) is 1.41. The first-order valence-electron chi connectivity index (χ1n) is 11.3. The number of nitrogens with one attached hydrogen (secondary N) is 1. The number of ether oxygens (including phenoxy) is 3. The molecule has 2 rings (SSSR count). The molecule has 1 amide bonds. The van der Waals surface area contributed by atoms with Gasteiger partial charge in [-0.3, -0.25) is 4.99 Å². The van der Waals surface area contributed by atoms with E-state index in [1.54, 1.807) is 7.11 Å². The van der Waals surface area contributed by atoms with E-state index in [0.717, 1.165) is 71.0 Å². The largest absolute Gasteiger partial charge is 0.444 e. The Kier molecular flexibility index (Phi) is 9.22. The Morgan fingerprint density at radius 3 is 2.40 bits per heavy atom. The molecule has 174 valence electrons. The van der Waals surface area contributed by atoms with Crippen LogP contribution in [0.15, 0.2) is 4.99 Å². The molecule has 8 heteroatoms. The SMILES string of the molecule is CCN(CC1CCN(C(=NC)NCC2(OC)CCOCC2)CC1)C(=O)OC(C)(C)C. The average molecular weight is 427 g/mol. The summed E-state index contributed by atoms with van der Waals surface area (Å²) in [6.45, 7) is 13.2. The Morgan fingerprint density at radius 1 is 1.27 bits per heavy atom. The summed E-state index contributed by atoms with van der Waals surface area (Å²) in [6, 6.07) is 0. The summed E-state index contributed by atoms with van der Waals surface area (Å²) >= 11 is 0. The van der Waals surface area contributed by atoms with Gasteiger partial charge >= 0.3 is 6.09 Å². The Labute approximate surface area is 182 Å². The zero-order chi connectivity index (χ0) is 22.2. The van der Waals surface area contributed by atoms with Crippen LogP contribution >= 0.6 is 0 Å². The molecule has 0 radical (unpaired) electrons. The average Bonchev–Trinajstić information content (AvgIpc) is 2.72. The van der Waals surface area contributed by atoms with E-state index < -0.39 is 5.60 Å². The topological polar surface area (TPSA) is 75.6 Å². The molecule has 0 unspecified atom stereocenters. The summed E-state index contributed by atoms with van der Waals surface area (Å²) in [5.41, 5.74) is -0.641. The van der Waals surface area contributed by atoms with E-state index in [1.807, 2.05) is 39.6 Å². The van der Waals surface area contributed by atoms with Crippen LogP contribution in [0.3, 0.4) is 0 Å². The fraction of sp³-hybridized carbons (Fsp3) is 0.909. The summed E-state index contributed by atoms with van der Waals surface area (Å²) in [7, 11) is 3.62. The quantitative estimate of drug-likeness (QED) is 0.520. The maximum atomic E-state index is 12.4. The van der Waals surface area contributed by atoms with Gasteiger partial charge in [0.25, 0.3) is 0 Å². The highest BCUT2D eigenvalue weighted by Crippen LogP contribution is 2.24. The molecule has 0 aromatic carbocycles. The van der Waals surface area contributed by atoms with Gasteiger partial charge in [-0.15, -0.1) is 0 Å². The van der Waals surface area contributed by atoms with Crippen molar-refractivity contribution in [2.75, 3.05) is 60.1 Å². The van der Waals surface area contributed by atoms with E-state index in [-0.39, 0.29) is 11.7 Å². The third kappa shape index (κ3) is 7.30. The van der Waals surface area contributed by atoms with Gasteiger partial charge in [0.1, 0.15) is 5.60 Å². The lowest BCUT2D eigenvalue weighted by molar-refractivity contribution is -0.0858. The van der Waals surface area contributed by atoms with Crippen LogP contribution < -0.4 is 5.32 Å². The number of likely N-dealkylation sites (tertiary alicyclic amines) is 1. The molecule has 2 fully saturated rings. The molecule has 0 aromatic rings. The van der Waals surface area contributed by atoms with Crippen molar-refractivity contribution in [2.45, 2.75) is 64.6 Å². The number of hydrogen-bond acceptors (Lipinski definition) is 5. The lowest BCUT2D eigenvalue weighted by Gasteiger charge is -2.39. The highest BCUT2D eigenvalue weighted by atomic mass is 16.6. The standard InChI is InChI=1S/C22H42N4O4/c1-7-25(20(27)30-21(2,3)4)16-18-8-12-26(13-9-18)19(23-5)24-17-22(28-6)10-14-29-15-11-22/h18H,7-17H2,1-6H3,(H,23,24). The molecule has 2 aliphatic heterocycles. The molecule has 2 heterocycles. The minimum absolute atomic E-state index is 0.179. The van der Waals surface area contributed by atoms with Gasteiger partial charge in [0.15, 0.2) is 5.96 Å².